The second-order valence-electron chi connectivity index (χ2n) is 8.01. The van der Waals surface area contributed by atoms with Crippen LogP contribution in [0.2, 0.25) is 0 Å². The predicted molar refractivity (Wildman–Crippen MR) is 113 cm³/mol. The van der Waals surface area contributed by atoms with E-state index in [0.717, 1.165) is 17.5 Å². The number of anilines is 1. The fourth-order valence-electron chi connectivity index (χ4n) is 4.59. The van der Waals surface area contributed by atoms with Crippen molar-refractivity contribution in [3.8, 4) is 0 Å². The van der Waals surface area contributed by atoms with Gasteiger partial charge in [0.2, 0.25) is 0 Å². The molecule has 1 N–H and O–H groups in total. The molecule has 12 heteroatoms. The molecule has 164 valence electrons. The first-order chi connectivity index (χ1) is 14.7. The lowest BCUT2D eigenvalue weighted by Gasteiger charge is -2.21. The van der Waals surface area contributed by atoms with Crippen molar-refractivity contribution in [2.75, 3.05) is 18.4 Å². The van der Waals surface area contributed by atoms with E-state index in [0.29, 0.717) is 50.4 Å². The minimum Gasteiger partial charge on any atom is -0.365 e. The summed E-state index contributed by atoms with van der Waals surface area (Å²) in [6.07, 6.45) is -0.924. The van der Waals surface area contributed by atoms with Gasteiger partial charge in [-0.15, -0.1) is 21.5 Å². The largest absolute Gasteiger partial charge is 0.408 e. The highest BCUT2D eigenvalue weighted by Gasteiger charge is 2.44. The third kappa shape index (κ3) is 4.27. The number of carbonyl (C=O) groups is 1. The van der Waals surface area contributed by atoms with Gasteiger partial charge in [0.05, 0.1) is 9.58 Å². The fraction of sp³-hybridized carbons (Fsp3) is 0.474. The number of aromatic nitrogens is 4. The van der Waals surface area contributed by atoms with Crippen LogP contribution in [0, 0.1) is 11.8 Å². The molecule has 4 heterocycles. The highest BCUT2D eigenvalue weighted by atomic mass is 79.9. The first-order valence-electron chi connectivity index (χ1n) is 9.84. The van der Waals surface area contributed by atoms with Crippen LogP contribution in [-0.2, 0) is 6.54 Å². The minimum absolute atomic E-state index is 0.0815. The molecule has 1 aliphatic carbocycles. The number of hydrogen-bond acceptors (Lipinski definition) is 6. The summed E-state index contributed by atoms with van der Waals surface area (Å²) in [6.45, 7) is 0.205. The molecule has 7 nitrogen and oxygen atoms in total. The van der Waals surface area contributed by atoms with Gasteiger partial charge in [0.1, 0.15) is 22.5 Å². The van der Waals surface area contributed by atoms with E-state index >= 15 is 0 Å². The quantitative estimate of drug-likeness (QED) is 0.565. The number of nitrogens with one attached hydrogen (secondary N) is 1. The molecule has 2 aliphatic rings. The van der Waals surface area contributed by atoms with Gasteiger partial charge in [0.15, 0.2) is 0 Å². The van der Waals surface area contributed by atoms with Crippen molar-refractivity contribution in [1.29, 1.82) is 0 Å². The zero-order valence-corrected chi connectivity index (χ0v) is 18.5. The van der Waals surface area contributed by atoms with Gasteiger partial charge in [0.25, 0.3) is 5.91 Å². The van der Waals surface area contributed by atoms with Crippen molar-refractivity contribution in [3.63, 3.8) is 0 Å². The SMILES string of the molecule is O=C(c1cc2nn(CC(F)(F)F)cc2s1)N1C[C@@H]2CC[C@@H](Nc3ccc(Br)nn3)[C@@H]2C1. The van der Waals surface area contributed by atoms with Gasteiger partial charge in [-0.1, -0.05) is 0 Å². The number of fused-ring (bicyclic) bond motifs is 2. The van der Waals surface area contributed by atoms with Gasteiger partial charge in [-0.3, -0.25) is 9.48 Å². The van der Waals surface area contributed by atoms with Gasteiger partial charge >= 0.3 is 6.18 Å². The number of halogens is 4. The molecule has 0 spiro atoms. The number of nitrogens with zero attached hydrogens (tertiary/aromatic N) is 5. The van der Waals surface area contributed by atoms with Crippen LogP contribution in [0.5, 0.6) is 0 Å². The molecular weight excluding hydrogens is 497 g/mol. The average Bonchev–Trinajstić information content (AvgIpc) is 3.42. The summed E-state index contributed by atoms with van der Waals surface area (Å²) >= 11 is 4.47. The molecule has 5 rings (SSSR count). The van der Waals surface area contributed by atoms with E-state index in [4.69, 9.17) is 0 Å². The van der Waals surface area contributed by atoms with Crippen LogP contribution in [0.3, 0.4) is 0 Å². The van der Waals surface area contributed by atoms with Gasteiger partial charge in [0, 0.05) is 31.2 Å². The van der Waals surface area contributed by atoms with E-state index in [1.54, 1.807) is 6.07 Å². The van der Waals surface area contributed by atoms with Gasteiger partial charge < -0.3 is 10.2 Å². The number of thiophene rings is 1. The number of amides is 1. The van der Waals surface area contributed by atoms with Crippen molar-refractivity contribution in [3.05, 3.63) is 33.9 Å². The standard InChI is InChI=1S/C19H18BrF3N6OS/c20-16-3-4-17(26-25-16)24-12-2-1-10-6-28(7-11(10)12)18(30)14-5-13-15(31-14)8-29(27-13)9-19(21,22)23/h3-5,8,10-12H,1-2,6-7,9H2,(H,24,26)/t10-,11+,12+/m0/s1. The third-order valence-electron chi connectivity index (χ3n) is 5.90. The van der Waals surface area contributed by atoms with Crippen molar-refractivity contribution < 1.29 is 18.0 Å². The summed E-state index contributed by atoms with van der Waals surface area (Å²) < 4.78 is 39.8. The number of rotatable bonds is 4. The Labute approximate surface area is 187 Å². The normalized spacial score (nSPS) is 23.5. The van der Waals surface area contributed by atoms with Gasteiger partial charge in [-0.2, -0.15) is 18.3 Å². The van der Waals surface area contributed by atoms with Crippen LogP contribution in [0.15, 0.2) is 29.0 Å². The first-order valence-corrected chi connectivity index (χ1v) is 11.4. The third-order valence-corrected chi connectivity index (χ3v) is 7.37. The number of hydrogen-bond donors (Lipinski definition) is 1. The smallest absolute Gasteiger partial charge is 0.365 e. The van der Waals surface area contributed by atoms with Crippen LogP contribution >= 0.6 is 27.3 Å². The monoisotopic (exact) mass is 514 g/mol. The molecule has 0 radical (unpaired) electrons. The Morgan fingerprint density at radius 2 is 2.10 bits per heavy atom. The second-order valence-corrected chi connectivity index (χ2v) is 9.90. The maximum Gasteiger partial charge on any atom is 0.408 e. The van der Waals surface area contributed by atoms with Crippen LogP contribution < -0.4 is 5.32 Å². The molecule has 2 fully saturated rings. The molecule has 3 atom stereocenters. The van der Waals surface area contributed by atoms with Crippen LogP contribution in [0.4, 0.5) is 19.0 Å². The molecule has 0 unspecified atom stereocenters. The lowest BCUT2D eigenvalue weighted by molar-refractivity contribution is -0.142. The molecule has 0 bridgehead atoms. The van der Waals surface area contributed by atoms with Crippen LogP contribution in [0.25, 0.3) is 10.2 Å². The first kappa shape index (κ1) is 20.7. The molecule has 3 aromatic heterocycles. The highest BCUT2D eigenvalue weighted by Crippen LogP contribution is 2.40. The Balaban J connectivity index is 1.25. The van der Waals surface area contributed by atoms with Gasteiger partial charge in [-0.05, 0) is 52.9 Å². The number of alkyl halides is 3. The maximum absolute atomic E-state index is 13.0. The summed E-state index contributed by atoms with van der Waals surface area (Å²) in [4.78, 5) is 15.4. The van der Waals surface area contributed by atoms with Crippen LogP contribution in [-0.4, -0.2) is 56.1 Å². The summed E-state index contributed by atoms with van der Waals surface area (Å²) in [7, 11) is 0. The fourth-order valence-corrected chi connectivity index (χ4v) is 5.80. The molecule has 1 aliphatic heterocycles. The van der Waals surface area contributed by atoms with Crippen molar-refractivity contribution >= 4 is 49.2 Å². The summed E-state index contributed by atoms with van der Waals surface area (Å²) in [5, 5.41) is 15.5. The molecular formula is C19H18BrF3N6OS. The van der Waals surface area contributed by atoms with E-state index in [2.05, 4.69) is 36.5 Å². The molecule has 1 saturated heterocycles. The molecule has 3 aromatic rings. The Bertz CT molecular complexity index is 1080. The van der Waals surface area contributed by atoms with E-state index in [9.17, 15) is 18.0 Å². The second kappa shape index (κ2) is 7.73. The summed E-state index contributed by atoms with van der Waals surface area (Å²) in [6, 6.07) is 5.53. The summed E-state index contributed by atoms with van der Waals surface area (Å²) in [5.74, 6) is 1.39. The lowest BCUT2D eigenvalue weighted by Crippen LogP contribution is -2.33. The van der Waals surface area contributed by atoms with E-state index in [1.807, 2.05) is 17.0 Å². The van der Waals surface area contributed by atoms with Crippen molar-refractivity contribution in [2.24, 2.45) is 11.8 Å². The van der Waals surface area contributed by atoms with E-state index < -0.39 is 12.7 Å². The van der Waals surface area contributed by atoms with E-state index in [-0.39, 0.29) is 11.9 Å². The Kier molecular flexibility index (Phi) is 5.16. The Morgan fingerprint density at radius 1 is 1.26 bits per heavy atom. The molecule has 1 saturated carbocycles. The minimum atomic E-state index is -4.33. The zero-order valence-electron chi connectivity index (χ0n) is 16.1. The lowest BCUT2D eigenvalue weighted by atomic mass is 9.98. The summed E-state index contributed by atoms with van der Waals surface area (Å²) in [5.41, 5.74) is 0.422. The van der Waals surface area contributed by atoms with Crippen LogP contribution in [0.1, 0.15) is 22.5 Å². The van der Waals surface area contributed by atoms with Gasteiger partial charge in [-0.25, -0.2) is 0 Å². The van der Waals surface area contributed by atoms with E-state index in [1.165, 1.54) is 17.5 Å². The predicted octanol–water partition coefficient (Wildman–Crippen LogP) is 4.18. The molecule has 31 heavy (non-hydrogen) atoms. The zero-order chi connectivity index (χ0) is 21.8. The average molecular weight is 515 g/mol. The number of likely N-dealkylation sites (tertiary alicyclic amines) is 1. The van der Waals surface area contributed by atoms with Crippen molar-refractivity contribution in [2.45, 2.75) is 31.6 Å². The maximum atomic E-state index is 13.0. The Hall–Kier alpha value is -2.21. The Morgan fingerprint density at radius 3 is 2.81 bits per heavy atom. The highest BCUT2D eigenvalue weighted by molar-refractivity contribution is 9.10. The molecule has 0 aromatic carbocycles. The molecule has 1 amide bonds. The number of carbonyl (C=O) groups excluding carboxylic acids is 1. The van der Waals surface area contributed by atoms with Crippen molar-refractivity contribution in [1.82, 2.24) is 24.9 Å². The topological polar surface area (TPSA) is 75.9 Å².